The van der Waals surface area contributed by atoms with Gasteiger partial charge < -0.3 is 13.9 Å². The fourth-order valence-corrected chi connectivity index (χ4v) is 4.47. The maximum Gasteiger partial charge on any atom is 0.336 e. The number of hydrazine groups is 1. The minimum atomic E-state index is -0.790. The van der Waals surface area contributed by atoms with Gasteiger partial charge in [0.15, 0.2) is 6.61 Å². The smallest absolute Gasteiger partial charge is 0.336 e. The molecule has 1 N–H and O–H groups in total. The third kappa shape index (κ3) is 4.50. The van der Waals surface area contributed by atoms with Crippen LogP contribution >= 0.6 is 11.6 Å². The molecule has 0 bridgehead atoms. The van der Waals surface area contributed by atoms with E-state index in [4.69, 9.17) is 25.5 Å². The van der Waals surface area contributed by atoms with Gasteiger partial charge in [0.2, 0.25) is 0 Å². The molecule has 1 saturated heterocycles. The Balaban J connectivity index is 1.28. The Morgan fingerprint density at radius 1 is 1.00 bits per heavy atom. The number of rotatable bonds is 7. The number of fused-ring (bicyclic) bond motifs is 1. The first kappa shape index (κ1) is 23.4. The van der Waals surface area contributed by atoms with Gasteiger partial charge in [0, 0.05) is 17.5 Å². The molecule has 2 amide bonds. The van der Waals surface area contributed by atoms with Gasteiger partial charge in [0.05, 0.1) is 7.11 Å². The Labute approximate surface area is 211 Å². The number of halogens is 1. The maximum absolute atomic E-state index is 12.5. The molecule has 4 aromatic rings. The van der Waals surface area contributed by atoms with Gasteiger partial charge in [-0.15, -0.1) is 11.6 Å². The van der Waals surface area contributed by atoms with Crippen molar-refractivity contribution in [3.05, 3.63) is 94.8 Å². The van der Waals surface area contributed by atoms with Gasteiger partial charge in [0.25, 0.3) is 11.8 Å². The van der Waals surface area contributed by atoms with Crippen LogP contribution in [0.4, 0.5) is 0 Å². The van der Waals surface area contributed by atoms with Gasteiger partial charge >= 0.3 is 5.63 Å². The van der Waals surface area contributed by atoms with E-state index in [0.717, 1.165) is 22.1 Å². The van der Waals surface area contributed by atoms with Gasteiger partial charge in [-0.2, -0.15) is 0 Å². The highest BCUT2D eigenvalue weighted by molar-refractivity contribution is 6.33. The molecule has 0 aliphatic carbocycles. The predicted octanol–water partition coefficient (Wildman–Crippen LogP) is 4.07. The number of hydrogen-bond donors (Lipinski definition) is 1. The standard InChI is InChI=1S/C27H21ClN2O6/c1-34-18-9-7-17(8-10-18)26-25(28)27(33)30(26)29-23(31)15-35-19-11-12-20-21(16-5-3-2-4-6-16)14-24(32)36-22(20)13-19/h2-14,25-26H,15H2,1H3,(H,29,31). The van der Waals surface area contributed by atoms with Crippen LogP contribution in [-0.2, 0) is 9.59 Å². The molecule has 9 heteroatoms. The SMILES string of the molecule is COc1ccc(C2C(Cl)C(=O)N2NC(=O)COc2ccc3c(-c4ccccc4)cc(=O)oc3c2)cc1. The van der Waals surface area contributed by atoms with Gasteiger partial charge in [0.1, 0.15) is 28.5 Å². The molecule has 2 heterocycles. The first-order valence-electron chi connectivity index (χ1n) is 11.1. The van der Waals surface area contributed by atoms with Crippen molar-refractivity contribution in [3.8, 4) is 22.6 Å². The predicted molar refractivity (Wildman–Crippen MR) is 134 cm³/mol. The molecule has 1 fully saturated rings. The first-order chi connectivity index (χ1) is 17.4. The van der Waals surface area contributed by atoms with Crippen molar-refractivity contribution < 1.29 is 23.5 Å². The molecule has 0 spiro atoms. The Hall–Kier alpha value is -4.30. The molecule has 2 atom stereocenters. The maximum atomic E-state index is 12.5. The molecule has 182 valence electrons. The quantitative estimate of drug-likeness (QED) is 0.231. The molecule has 3 aromatic carbocycles. The lowest BCUT2D eigenvalue weighted by Crippen LogP contribution is -2.63. The summed E-state index contributed by atoms with van der Waals surface area (Å²) >= 11 is 6.21. The number of carbonyl (C=O) groups is 2. The number of alkyl halides is 1. The van der Waals surface area contributed by atoms with Crippen molar-refractivity contribution in [1.29, 1.82) is 0 Å². The summed E-state index contributed by atoms with van der Waals surface area (Å²) in [6.45, 7) is -0.361. The average molecular weight is 505 g/mol. The zero-order chi connectivity index (χ0) is 25.2. The van der Waals surface area contributed by atoms with Crippen LogP contribution in [0.2, 0.25) is 0 Å². The lowest BCUT2D eigenvalue weighted by Gasteiger charge is -2.43. The highest BCUT2D eigenvalue weighted by atomic mass is 35.5. The summed E-state index contributed by atoms with van der Waals surface area (Å²) in [7, 11) is 1.56. The Bertz CT molecular complexity index is 1490. The summed E-state index contributed by atoms with van der Waals surface area (Å²) < 4.78 is 16.1. The average Bonchev–Trinajstić information content (AvgIpc) is 2.91. The van der Waals surface area contributed by atoms with Crippen LogP contribution in [-0.4, -0.2) is 35.9 Å². The summed E-state index contributed by atoms with van der Waals surface area (Å²) in [6, 6.07) is 22.5. The molecule has 1 aliphatic heterocycles. The molecule has 8 nitrogen and oxygen atoms in total. The molecule has 0 saturated carbocycles. The third-order valence-electron chi connectivity index (χ3n) is 5.90. The lowest BCUT2D eigenvalue weighted by molar-refractivity contribution is -0.157. The Morgan fingerprint density at radius 3 is 2.44 bits per heavy atom. The summed E-state index contributed by atoms with van der Waals surface area (Å²) in [5, 5.41) is 1.14. The van der Waals surface area contributed by atoms with Crippen LogP contribution in [0.3, 0.4) is 0 Å². The summed E-state index contributed by atoms with van der Waals surface area (Å²) in [5.74, 6) is 0.0567. The number of nitrogens with zero attached hydrogens (tertiary/aromatic N) is 1. The van der Waals surface area contributed by atoms with Crippen molar-refractivity contribution in [2.45, 2.75) is 11.4 Å². The van der Waals surface area contributed by atoms with E-state index in [-0.39, 0.29) is 6.61 Å². The monoisotopic (exact) mass is 504 g/mol. The van der Waals surface area contributed by atoms with E-state index in [1.165, 1.54) is 11.1 Å². The number of nitrogens with one attached hydrogen (secondary N) is 1. The van der Waals surface area contributed by atoms with Crippen molar-refractivity contribution in [2.24, 2.45) is 0 Å². The molecule has 36 heavy (non-hydrogen) atoms. The van der Waals surface area contributed by atoms with E-state index >= 15 is 0 Å². The number of methoxy groups -OCH3 is 1. The second kappa shape index (κ2) is 9.75. The summed E-state index contributed by atoms with van der Waals surface area (Å²) in [5.41, 5.74) is 4.77. The van der Waals surface area contributed by atoms with Gasteiger partial charge in [-0.3, -0.25) is 15.0 Å². The van der Waals surface area contributed by atoms with Crippen molar-refractivity contribution in [1.82, 2.24) is 10.4 Å². The highest BCUT2D eigenvalue weighted by Gasteiger charge is 2.48. The van der Waals surface area contributed by atoms with Gasteiger partial charge in [-0.1, -0.05) is 42.5 Å². The second-order valence-corrected chi connectivity index (χ2v) is 8.62. The third-order valence-corrected chi connectivity index (χ3v) is 6.33. The zero-order valence-corrected chi connectivity index (χ0v) is 19.9. The lowest BCUT2D eigenvalue weighted by atomic mass is 9.95. The van der Waals surface area contributed by atoms with E-state index < -0.39 is 28.9 Å². The number of carbonyl (C=O) groups excluding carboxylic acids is 2. The van der Waals surface area contributed by atoms with E-state index in [2.05, 4.69) is 5.43 Å². The molecular formula is C27H21ClN2O6. The van der Waals surface area contributed by atoms with E-state index in [0.29, 0.717) is 17.1 Å². The van der Waals surface area contributed by atoms with Crippen molar-refractivity contribution in [2.75, 3.05) is 13.7 Å². The normalized spacial score (nSPS) is 16.9. The van der Waals surface area contributed by atoms with Crippen LogP contribution in [0.5, 0.6) is 11.5 Å². The van der Waals surface area contributed by atoms with Crippen LogP contribution in [0.25, 0.3) is 22.1 Å². The largest absolute Gasteiger partial charge is 0.497 e. The molecule has 5 rings (SSSR count). The number of benzene rings is 3. The minimum Gasteiger partial charge on any atom is -0.497 e. The van der Waals surface area contributed by atoms with Gasteiger partial charge in [-0.25, -0.2) is 9.80 Å². The summed E-state index contributed by atoms with van der Waals surface area (Å²) in [4.78, 5) is 36.9. The van der Waals surface area contributed by atoms with Crippen LogP contribution < -0.4 is 20.5 Å². The fraction of sp³-hybridized carbons (Fsp3) is 0.148. The molecule has 2 unspecified atom stereocenters. The zero-order valence-electron chi connectivity index (χ0n) is 19.1. The molecular weight excluding hydrogens is 484 g/mol. The number of hydrogen-bond acceptors (Lipinski definition) is 6. The second-order valence-electron chi connectivity index (χ2n) is 8.15. The van der Waals surface area contributed by atoms with Crippen LogP contribution in [0, 0.1) is 0 Å². The van der Waals surface area contributed by atoms with Crippen molar-refractivity contribution >= 4 is 34.4 Å². The summed E-state index contributed by atoms with van der Waals surface area (Å²) in [6.07, 6.45) is 0. The number of amides is 2. The Morgan fingerprint density at radius 2 is 1.72 bits per heavy atom. The van der Waals surface area contributed by atoms with E-state index in [9.17, 15) is 14.4 Å². The van der Waals surface area contributed by atoms with Crippen LogP contribution in [0.1, 0.15) is 11.6 Å². The van der Waals surface area contributed by atoms with Gasteiger partial charge in [-0.05, 0) is 41.0 Å². The highest BCUT2D eigenvalue weighted by Crippen LogP contribution is 2.37. The number of β-lactam (4-membered cyclic amide) rings is 1. The molecule has 1 aliphatic rings. The first-order valence-corrected chi connectivity index (χ1v) is 11.5. The van der Waals surface area contributed by atoms with E-state index in [1.54, 1.807) is 49.6 Å². The van der Waals surface area contributed by atoms with Crippen LogP contribution in [0.15, 0.2) is 88.1 Å². The molecule has 0 radical (unpaired) electrons. The minimum absolute atomic E-state index is 0.335. The topological polar surface area (TPSA) is 98.1 Å². The Kier molecular flexibility index (Phi) is 6.35. The van der Waals surface area contributed by atoms with E-state index in [1.807, 2.05) is 30.3 Å². The fourth-order valence-electron chi connectivity index (χ4n) is 4.10. The number of ether oxygens (including phenoxy) is 2. The van der Waals surface area contributed by atoms with Crippen molar-refractivity contribution in [3.63, 3.8) is 0 Å². The molecule has 1 aromatic heterocycles.